The lowest BCUT2D eigenvalue weighted by atomic mass is 10.1. The molecule has 2 aliphatic rings. The van der Waals surface area contributed by atoms with Gasteiger partial charge in [0.05, 0.1) is 0 Å². The van der Waals surface area contributed by atoms with Gasteiger partial charge in [-0.25, -0.2) is 8.42 Å². The first kappa shape index (κ1) is 23.2. The first-order valence-corrected chi connectivity index (χ1v) is 11.4. The Labute approximate surface area is 165 Å². The zero-order chi connectivity index (χ0) is 20.8. The number of guanidine groups is 1. The predicted molar refractivity (Wildman–Crippen MR) is 104 cm³/mol. The normalized spacial score (nSPS) is 23.9. The molecule has 164 valence electrons. The van der Waals surface area contributed by atoms with Crippen LogP contribution >= 0.6 is 0 Å². The van der Waals surface area contributed by atoms with Crippen molar-refractivity contribution in [1.82, 2.24) is 19.8 Å². The highest BCUT2D eigenvalue weighted by Crippen LogP contribution is 2.29. The van der Waals surface area contributed by atoms with E-state index in [0.717, 1.165) is 32.5 Å². The molecule has 0 aromatic rings. The molecule has 0 amide bonds. The Bertz CT molecular complexity index is 619. The van der Waals surface area contributed by atoms with Gasteiger partial charge < -0.3 is 15.5 Å². The molecule has 1 atom stereocenters. The fraction of sp³-hybridized carbons (Fsp3) is 0.941. The molecule has 2 fully saturated rings. The Morgan fingerprint density at radius 2 is 1.82 bits per heavy atom. The molecule has 0 aromatic heterocycles. The number of halogens is 3. The first-order valence-electron chi connectivity index (χ1n) is 10.0. The number of nitrogens with one attached hydrogen (secondary N) is 2. The van der Waals surface area contributed by atoms with E-state index in [-0.39, 0.29) is 19.1 Å². The van der Waals surface area contributed by atoms with Gasteiger partial charge in [-0.3, -0.25) is 4.99 Å². The van der Waals surface area contributed by atoms with E-state index in [1.165, 1.54) is 0 Å². The number of aliphatic imine (C=N–C) groups is 1. The van der Waals surface area contributed by atoms with Gasteiger partial charge in [-0.1, -0.05) is 6.92 Å². The average Bonchev–Trinajstić information content (AvgIpc) is 3.07. The highest BCUT2D eigenvalue weighted by molar-refractivity contribution is 7.90. The van der Waals surface area contributed by atoms with Crippen molar-refractivity contribution in [2.24, 2.45) is 10.9 Å². The molecule has 1 unspecified atom stereocenters. The Balaban J connectivity index is 1.85. The van der Waals surface area contributed by atoms with Crippen LogP contribution in [0.25, 0.3) is 0 Å². The summed E-state index contributed by atoms with van der Waals surface area (Å²) in [6, 6.07) is -0.0994. The second-order valence-corrected chi connectivity index (χ2v) is 9.37. The van der Waals surface area contributed by atoms with Crippen LogP contribution in [0.5, 0.6) is 0 Å². The number of hydrogen-bond donors (Lipinski definition) is 2. The summed E-state index contributed by atoms with van der Waals surface area (Å²) in [7, 11) is -5.24. The third-order valence-electron chi connectivity index (χ3n) is 5.19. The molecule has 0 aromatic carbocycles. The number of likely N-dealkylation sites (tertiary alicyclic amines) is 1. The van der Waals surface area contributed by atoms with E-state index >= 15 is 0 Å². The van der Waals surface area contributed by atoms with Gasteiger partial charge >= 0.3 is 15.5 Å². The van der Waals surface area contributed by atoms with Crippen molar-refractivity contribution < 1.29 is 21.6 Å². The summed E-state index contributed by atoms with van der Waals surface area (Å²) in [5.74, 6) is 1.16. The minimum Gasteiger partial charge on any atom is -0.357 e. The molecule has 2 heterocycles. The van der Waals surface area contributed by atoms with Gasteiger partial charge in [0.15, 0.2) is 5.96 Å². The van der Waals surface area contributed by atoms with Crippen LogP contribution < -0.4 is 10.6 Å². The number of sulfonamides is 1. The van der Waals surface area contributed by atoms with E-state index in [9.17, 15) is 21.6 Å². The van der Waals surface area contributed by atoms with E-state index in [4.69, 9.17) is 0 Å². The van der Waals surface area contributed by atoms with Crippen molar-refractivity contribution in [2.45, 2.75) is 51.1 Å². The second-order valence-electron chi connectivity index (χ2n) is 7.44. The van der Waals surface area contributed by atoms with Gasteiger partial charge in [-0.15, -0.1) is 0 Å². The van der Waals surface area contributed by atoms with Crippen molar-refractivity contribution in [1.29, 1.82) is 0 Å². The number of hydrogen-bond acceptors (Lipinski definition) is 4. The Kier molecular flexibility index (Phi) is 8.38. The molecule has 0 bridgehead atoms. The molecule has 2 aliphatic heterocycles. The van der Waals surface area contributed by atoms with Gasteiger partial charge in [-0.2, -0.15) is 17.5 Å². The summed E-state index contributed by atoms with van der Waals surface area (Å²) in [5, 5.41) is 6.42. The number of alkyl halides is 3. The molecular weight excluding hydrogens is 395 g/mol. The minimum absolute atomic E-state index is 0.0994. The maximum atomic E-state index is 12.7. The van der Waals surface area contributed by atoms with Gasteiger partial charge in [-0.05, 0) is 51.6 Å². The number of nitrogens with zero attached hydrogens (tertiary/aromatic N) is 3. The van der Waals surface area contributed by atoms with E-state index < -0.39 is 15.5 Å². The van der Waals surface area contributed by atoms with Gasteiger partial charge in [0.1, 0.15) is 0 Å². The molecule has 0 radical (unpaired) electrons. The zero-order valence-electron chi connectivity index (χ0n) is 16.6. The lowest BCUT2D eigenvalue weighted by Gasteiger charge is -2.32. The topological polar surface area (TPSA) is 77.0 Å². The van der Waals surface area contributed by atoms with Crippen LogP contribution in [-0.4, -0.2) is 80.9 Å². The summed E-state index contributed by atoms with van der Waals surface area (Å²) in [4.78, 5) is 7.09. The first-order chi connectivity index (χ1) is 13.2. The molecule has 2 saturated heterocycles. The third kappa shape index (κ3) is 6.21. The lowest BCUT2D eigenvalue weighted by Crippen LogP contribution is -2.51. The van der Waals surface area contributed by atoms with Crippen LogP contribution in [0.1, 0.15) is 39.5 Å². The molecule has 0 spiro atoms. The summed E-state index contributed by atoms with van der Waals surface area (Å²) < 4.78 is 61.5. The van der Waals surface area contributed by atoms with Crippen LogP contribution in [0.15, 0.2) is 4.99 Å². The lowest BCUT2D eigenvalue weighted by molar-refractivity contribution is -0.0494. The molecular formula is C17H32F3N5O2S. The second kappa shape index (κ2) is 10.1. The van der Waals surface area contributed by atoms with Crippen LogP contribution in [0.4, 0.5) is 13.2 Å². The fourth-order valence-electron chi connectivity index (χ4n) is 3.70. The van der Waals surface area contributed by atoms with Crippen LogP contribution in [0.3, 0.4) is 0 Å². The maximum Gasteiger partial charge on any atom is 0.511 e. The molecule has 2 rings (SSSR count). The predicted octanol–water partition coefficient (Wildman–Crippen LogP) is 1.59. The molecule has 0 aliphatic carbocycles. The van der Waals surface area contributed by atoms with Gasteiger partial charge in [0, 0.05) is 38.8 Å². The quantitative estimate of drug-likeness (QED) is 0.477. The van der Waals surface area contributed by atoms with E-state index in [1.807, 2.05) is 6.92 Å². The van der Waals surface area contributed by atoms with Crippen LogP contribution in [0, 0.1) is 5.92 Å². The monoisotopic (exact) mass is 427 g/mol. The van der Waals surface area contributed by atoms with E-state index in [1.54, 1.807) is 0 Å². The van der Waals surface area contributed by atoms with Crippen molar-refractivity contribution in [3.8, 4) is 0 Å². The number of rotatable bonds is 7. The zero-order valence-corrected chi connectivity index (χ0v) is 17.4. The van der Waals surface area contributed by atoms with Crippen molar-refractivity contribution in [2.75, 3.05) is 45.8 Å². The molecule has 2 N–H and O–H groups in total. The highest BCUT2D eigenvalue weighted by Gasteiger charge is 2.50. The summed E-state index contributed by atoms with van der Waals surface area (Å²) in [5.41, 5.74) is -5.24. The molecule has 7 nitrogen and oxygen atoms in total. The van der Waals surface area contributed by atoms with Crippen LogP contribution in [-0.2, 0) is 10.0 Å². The minimum atomic E-state index is -5.24. The maximum absolute atomic E-state index is 12.7. The average molecular weight is 428 g/mol. The molecule has 0 saturated carbocycles. The smallest absolute Gasteiger partial charge is 0.357 e. The third-order valence-corrected chi connectivity index (χ3v) is 6.82. The standard InChI is InChI=1S/C17H32F3N5O2S/c1-3-8-24-9-5-14(13-24)12-22-16(21-4-2)23-15-6-10-25(11-7-15)28(26,27)17(18,19)20/h14-15H,3-13H2,1-2H3,(H2,21,22,23). The van der Waals surface area contributed by atoms with Crippen molar-refractivity contribution >= 4 is 16.0 Å². The fourth-order valence-corrected chi connectivity index (χ4v) is 4.69. The molecule has 11 heteroatoms. The largest absolute Gasteiger partial charge is 0.511 e. The Hall–Kier alpha value is -1.07. The summed E-state index contributed by atoms with van der Waals surface area (Å²) in [6.45, 7) is 8.47. The summed E-state index contributed by atoms with van der Waals surface area (Å²) in [6.07, 6.45) is 2.89. The van der Waals surface area contributed by atoms with Crippen molar-refractivity contribution in [3.63, 3.8) is 0 Å². The Morgan fingerprint density at radius 3 is 2.39 bits per heavy atom. The van der Waals surface area contributed by atoms with Crippen LogP contribution in [0.2, 0.25) is 0 Å². The molecule has 28 heavy (non-hydrogen) atoms. The van der Waals surface area contributed by atoms with Gasteiger partial charge in [0.25, 0.3) is 0 Å². The van der Waals surface area contributed by atoms with Gasteiger partial charge in [0.2, 0.25) is 0 Å². The van der Waals surface area contributed by atoms with E-state index in [0.29, 0.717) is 42.1 Å². The van der Waals surface area contributed by atoms with Crippen molar-refractivity contribution in [3.05, 3.63) is 0 Å². The Morgan fingerprint density at radius 1 is 1.14 bits per heavy atom. The summed E-state index contributed by atoms with van der Waals surface area (Å²) >= 11 is 0. The van der Waals surface area contributed by atoms with E-state index in [2.05, 4.69) is 27.4 Å². The highest BCUT2D eigenvalue weighted by atomic mass is 32.2. The number of piperidine rings is 1. The SMILES string of the molecule is CCCN1CCC(CN=C(NCC)NC2CCN(S(=O)(=O)C(F)(F)F)CC2)C1.